The molecular formula is C19H18N4. The van der Waals surface area contributed by atoms with Crippen molar-refractivity contribution in [1.29, 1.82) is 0 Å². The van der Waals surface area contributed by atoms with Crippen LogP contribution in [-0.4, -0.2) is 16.5 Å². The molecule has 3 aromatic rings. The predicted molar refractivity (Wildman–Crippen MR) is 93.0 cm³/mol. The van der Waals surface area contributed by atoms with Crippen molar-refractivity contribution in [1.82, 2.24) is 9.97 Å². The van der Waals surface area contributed by atoms with Crippen molar-refractivity contribution < 1.29 is 0 Å². The molecule has 2 heterocycles. The minimum absolute atomic E-state index is 0.819. The number of fused-ring (bicyclic) bond motifs is 1. The first-order valence-electron chi connectivity index (χ1n) is 7.84. The van der Waals surface area contributed by atoms with E-state index in [-0.39, 0.29) is 0 Å². The van der Waals surface area contributed by atoms with Gasteiger partial charge >= 0.3 is 0 Å². The molecule has 0 atom stereocenters. The Labute approximate surface area is 135 Å². The smallest absolute Gasteiger partial charge is 0.135 e. The molecule has 1 N–H and O–H groups in total. The molecule has 0 radical (unpaired) electrons. The molecule has 0 spiro atoms. The van der Waals surface area contributed by atoms with E-state index >= 15 is 0 Å². The minimum atomic E-state index is 0.819. The van der Waals surface area contributed by atoms with Gasteiger partial charge in [0.2, 0.25) is 0 Å². The van der Waals surface area contributed by atoms with Gasteiger partial charge in [0.1, 0.15) is 18.0 Å². The standard InChI is InChI=1S/C19H18N4/c1-2-8-17(9-3-1)22-18-12-19(21-14-20-18)23-11-10-15-6-4-5-7-16(15)13-23/h1-9,12,14H,10-11,13H2,(H,20,21,22). The van der Waals surface area contributed by atoms with E-state index in [1.807, 2.05) is 36.4 Å². The van der Waals surface area contributed by atoms with Crippen LogP contribution in [0.3, 0.4) is 0 Å². The summed E-state index contributed by atoms with van der Waals surface area (Å²) in [5.41, 5.74) is 3.86. The van der Waals surface area contributed by atoms with Gasteiger partial charge in [-0.1, -0.05) is 42.5 Å². The fourth-order valence-electron chi connectivity index (χ4n) is 2.95. The van der Waals surface area contributed by atoms with Crippen LogP contribution < -0.4 is 10.2 Å². The lowest BCUT2D eigenvalue weighted by atomic mass is 10.00. The third-order valence-corrected chi connectivity index (χ3v) is 4.15. The van der Waals surface area contributed by atoms with Crippen molar-refractivity contribution in [3.63, 3.8) is 0 Å². The van der Waals surface area contributed by atoms with Crippen LogP contribution in [-0.2, 0) is 13.0 Å². The largest absolute Gasteiger partial charge is 0.352 e. The lowest BCUT2D eigenvalue weighted by Crippen LogP contribution is -2.31. The Bertz CT molecular complexity index is 801. The van der Waals surface area contributed by atoms with Gasteiger partial charge in [-0.25, -0.2) is 9.97 Å². The van der Waals surface area contributed by atoms with Crippen LogP contribution in [0.1, 0.15) is 11.1 Å². The summed E-state index contributed by atoms with van der Waals surface area (Å²) in [5, 5.41) is 3.32. The van der Waals surface area contributed by atoms with E-state index in [2.05, 4.69) is 44.5 Å². The monoisotopic (exact) mass is 302 g/mol. The number of benzene rings is 2. The van der Waals surface area contributed by atoms with Gasteiger partial charge in [-0.2, -0.15) is 0 Å². The predicted octanol–water partition coefficient (Wildman–Crippen LogP) is 3.78. The van der Waals surface area contributed by atoms with Crippen LogP contribution >= 0.6 is 0 Å². The zero-order chi connectivity index (χ0) is 15.5. The van der Waals surface area contributed by atoms with Crippen molar-refractivity contribution in [3.05, 3.63) is 78.1 Å². The summed E-state index contributed by atoms with van der Waals surface area (Å²) in [6.45, 7) is 1.89. The number of hydrogen-bond acceptors (Lipinski definition) is 4. The van der Waals surface area contributed by atoms with Crippen LogP contribution in [0.2, 0.25) is 0 Å². The van der Waals surface area contributed by atoms with E-state index in [4.69, 9.17) is 0 Å². The minimum Gasteiger partial charge on any atom is -0.352 e. The second kappa shape index (κ2) is 6.08. The molecule has 4 heteroatoms. The molecule has 0 saturated carbocycles. The number of anilines is 3. The summed E-state index contributed by atoms with van der Waals surface area (Å²) < 4.78 is 0. The highest BCUT2D eigenvalue weighted by Crippen LogP contribution is 2.24. The Morgan fingerprint density at radius 1 is 0.870 bits per heavy atom. The second-order valence-corrected chi connectivity index (χ2v) is 5.69. The molecule has 0 amide bonds. The maximum Gasteiger partial charge on any atom is 0.135 e. The normalized spacial score (nSPS) is 13.5. The van der Waals surface area contributed by atoms with Gasteiger partial charge in [-0.3, -0.25) is 0 Å². The Hall–Kier alpha value is -2.88. The molecule has 4 nitrogen and oxygen atoms in total. The Balaban J connectivity index is 1.55. The highest BCUT2D eigenvalue weighted by Gasteiger charge is 2.17. The number of nitrogens with zero attached hydrogens (tertiary/aromatic N) is 3. The molecular weight excluding hydrogens is 284 g/mol. The lowest BCUT2D eigenvalue weighted by molar-refractivity contribution is 0.719. The van der Waals surface area contributed by atoms with Crippen LogP contribution in [0.15, 0.2) is 67.0 Å². The van der Waals surface area contributed by atoms with Gasteiger partial charge in [0, 0.05) is 24.8 Å². The summed E-state index contributed by atoms with van der Waals surface area (Å²) in [6.07, 6.45) is 2.68. The first kappa shape index (κ1) is 13.8. The summed E-state index contributed by atoms with van der Waals surface area (Å²) in [6, 6.07) is 20.7. The maximum absolute atomic E-state index is 4.45. The van der Waals surface area contributed by atoms with Gasteiger partial charge in [0.05, 0.1) is 0 Å². The number of hydrogen-bond donors (Lipinski definition) is 1. The van der Waals surface area contributed by atoms with Crippen molar-refractivity contribution in [3.8, 4) is 0 Å². The van der Waals surface area contributed by atoms with Crippen LogP contribution in [0.5, 0.6) is 0 Å². The van der Waals surface area contributed by atoms with Gasteiger partial charge in [-0.05, 0) is 29.7 Å². The van der Waals surface area contributed by atoms with E-state index in [0.717, 1.165) is 36.8 Å². The number of para-hydroxylation sites is 1. The van der Waals surface area contributed by atoms with Gasteiger partial charge < -0.3 is 10.2 Å². The topological polar surface area (TPSA) is 41.0 Å². The fourth-order valence-corrected chi connectivity index (χ4v) is 2.95. The fraction of sp³-hybridized carbons (Fsp3) is 0.158. The molecule has 1 aromatic heterocycles. The maximum atomic E-state index is 4.45. The molecule has 0 aliphatic carbocycles. The van der Waals surface area contributed by atoms with Gasteiger partial charge in [0.15, 0.2) is 0 Å². The molecule has 0 unspecified atom stereocenters. The van der Waals surface area contributed by atoms with Crippen LogP contribution in [0.25, 0.3) is 0 Å². The summed E-state index contributed by atoms with van der Waals surface area (Å²) >= 11 is 0. The third kappa shape index (κ3) is 3.01. The number of rotatable bonds is 3. The van der Waals surface area contributed by atoms with Gasteiger partial charge in [0.25, 0.3) is 0 Å². The molecule has 0 fully saturated rings. The highest BCUT2D eigenvalue weighted by atomic mass is 15.2. The molecule has 114 valence electrons. The second-order valence-electron chi connectivity index (χ2n) is 5.69. The Morgan fingerprint density at radius 2 is 1.65 bits per heavy atom. The third-order valence-electron chi connectivity index (χ3n) is 4.15. The van der Waals surface area contributed by atoms with Crippen LogP contribution in [0, 0.1) is 0 Å². The molecule has 1 aliphatic heterocycles. The SMILES string of the molecule is c1ccc(Nc2cc(N3CCc4ccccc4C3)ncn2)cc1. The number of nitrogens with one attached hydrogen (secondary N) is 1. The average molecular weight is 302 g/mol. The Morgan fingerprint density at radius 3 is 2.52 bits per heavy atom. The lowest BCUT2D eigenvalue weighted by Gasteiger charge is -2.29. The molecule has 4 rings (SSSR count). The summed E-state index contributed by atoms with van der Waals surface area (Å²) in [7, 11) is 0. The highest BCUT2D eigenvalue weighted by molar-refractivity contribution is 5.59. The van der Waals surface area contributed by atoms with Crippen molar-refractivity contribution >= 4 is 17.3 Å². The van der Waals surface area contributed by atoms with E-state index in [1.54, 1.807) is 6.33 Å². The number of aromatic nitrogens is 2. The van der Waals surface area contributed by atoms with E-state index in [9.17, 15) is 0 Å². The van der Waals surface area contributed by atoms with Crippen molar-refractivity contribution in [2.24, 2.45) is 0 Å². The Kier molecular flexibility index (Phi) is 3.64. The molecule has 2 aromatic carbocycles. The summed E-state index contributed by atoms with van der Waals surface area (Å²) in [4.78, 5) is 11.1. The molecule has 0 saturated heterocycles. The summed E-state index contributed by atoms with van der Waals surface area (Å²) in [5.74, 6) is 1.79. The van der Waals surface area contributed by atoms with Gasteiger partial charge in [-0.15, -0.1) is 0 Å². The quantitative estimate of drug-likeness (QED) is 0.799. The van der Waals surface area contributed by atoms with E-state index in [0.29, 0.717) is 0 Å². The first-order valence-corrected chi connectivity index (χ1v) is 7.84. The molecule has 0 bridgehead atoms. The molecule has 23 heavy (non-hydrogen) atoms. The molecule has 1 aliphatic rings. The van der Waals surface area contributed by atoms with Crippen LogP contribution in [0.4, 0.5) is 17.3 Å². The average Bonchev–Trinajstić information content (AvgIpc) is 2.62. The van der Waals surface area contributed by atoms with E-state index < -0.39 is 0 Å². The van der Waals surface area contributed by atoms with Crippen molar-refractivity contribution in [2.75, 3.05) is 16.8 Å². The first-order chi connectivity index (χ1) is 11.4. The zero-order valence-corrected chi connectivity index (χ0v) is 12.8. The van der Waals surface area contributed by atoms with Crippen molar-refractivity contribution in [2.45, 2.75) is 13.0 Å². The van der Waals surface area contributed by atoms with E-state index in [1.165, 1.54) is 11.1 Å². The zero-order valence-electron chi connectivity index (χ0n) is 12.8.